The maximum absolute atomic E-state index is 12.7. The first-order valence-corrected chi connectivity index (χ1v) is 8.35. The number of ether oxygens (including phenoxy) is 1. The van der Waals surface area contributed by atoms with Crippen molar-refractivity contribution in [2.45, 2.75) is 25.4 Å². The van der Waals surface area contributed by atoms with Crippen LogP contribution in [0.2, 0.25) is 0 Å². The fourth-order valence-corrected chi connectivity index (χ4v) is 3.01. The third-order valence-corrected chi connectivity index (χ3v) is 4.44. The highest BCUT2D eigenvalue weighted by molar-refractivity contribution is 5.93. The second kappa shape index (κ2) is 7.18. The molecular formula is C17H24N6O2. The lowest BCUT2D eigenvalue weighted by atomic mass is 10.0. The summed E-state index contributed by atoms with van der Waals surface area (Å²) in [6.45, 7) is 3.00. The number of pyridine rings is 1. The summed E-state index contributed by atoms with van der Waals surface area (Å²) >= 11 is 0. The molecule has 134 valence electrons. The largest absolute Gasteiger partial charge is 0.378 e. The van der Waals surface area contributed by atoms with Gasteiger partial charge in [0.15, 0.2) is 5.82 Å². The number of likely N-dealkylation sites (N-methyl/N-ethyl adjacent to an activating group) is 1. The van der Waals surface area contributed by atoms with Gasteiger partial charge < -0.3 is 14.5 Å². The van der Waals surface area contributed by atoms with Crippen molar-refractivity contribution in [2.75, 3.05) is 39.2 Å². The van der Waals surface area contributed by atoms with Gasteiger partial charge in [0, 0.05) is 46.2 Å². The molecule has 0 radical (unpaired) electrons. The van der Waals surface area contributed by atoms with Crippen molar-refractivity contribution in [2.24, 2.45) is 0 Å². The molecule has 2 atom stereocenters. The van der Waals surface area contributed by atoms with Crippen LogP contribution in [-0.4, -0.2) is 71.4 Å². The molecule has 1 aliphatic heterocycles. The summed E-state index contributed by atoms with van der Waals surface area (Å²) < 4.78 is 5.83. The van der Waals surface area contributed by atoms with Crippen LogP contribution in [0.5, 0.6) is 0 Å². The van der Waals surface area contributed by atoms with E-state index in [9.17, 15) is 4.79 Å². The molecule has 1 amide bonds. The van der Waals surface area contributed by atoms with Crippen LogP contribution in [0.25, 0.3) is 0 Å². The zero-order valence-corrected chi connectivity index (χ0v) is 15.1. The molecule has 0 saturated carbocycles. The number of carbonyl (C=O) groups is 1. The molecule has 0 aliphatic carbocycles. The van der Waals surface area contributed by atoms with Crippen molar-refractivity contribution < 1.29 is 9.53 Å². The Hall–Kier alpha value is -2.48. The first kappa shape index (κ1) is 17.3. The Morgan fingerprint density at radius 2 is 2.20 bits per heavy atom. The minimum atomic E-state index is -0.121. The predicted octanol–water partition coefficient (Wildman–Crippen LogP) is 1.22. The average Bonchev–Trinajstić information content (AvgIpc) is 3.22. The SMILES string of the molecule is Cc1nc([C@@H]2CCO[C@@H]2CN(C)C(=O)c2cc(N(C)C)ccn2)n[nH]1. The van der Waals surface area contributed by atoms with Gasteiger partial charge in [0.05, 0.1) is 12.0 Å². The first-order chi connectivity index (χ1) is 12.0. The minimum absolute atomic E-state index is 0.0984. The Labute approximate surface area is 147 Å². The summed E-state index contributed by atoms with van der Waals surface area (Å²) in [6.07, 6.45) is 2.40. The number of amides is 1. The van der Waals surface area contributed by atoms with Crippen molar-refractivity contribution in [1.29, 1.82) is 0 Å². The number of carbonyl (C=O) groups excluding carboxylic acids is 1. The molecule has 25 heavy (non-hydrogen) atoms. The molecule has 2 aromatic rings. The van der Waals surface area contributed by atoms with Crippen LogP contribution in [-0.2, 0) is 4.74 Å². The fraction of sp³-hybridized carbons (Fsp3) is 0.529. The number of hydrogen-bond acceptors (Lipinski definition) is 6. The molecule has 2 aromatic heterocycles. The molecule has 1 fully saturated rings. The molecule has 1 N–H and O–H groups in total. The second-order valence-electron chi connectivity index (χ2n) is 6.56. The van der Waals surface area contributed by atoms with E-state index in [4.69, 9.17) is 4.74 Å². The van der Waals surface area contributed by atoms with E-state index < -0.39 is 0 Å². The zero-order chi connectivity index (χ0) is 18.0. The summed E-state index contributed by atoms with van der Waals surface area (Å²) in [4.78, 5) is 24.9. The topological polar surface area (TPSA) is 87.2 Å². The number of nitrogens with one attached hydrogen (secondary N) is 1. The molecule has 0 spiro atoms. The van der Waals surface area contributed by atoms with Crippen LogP contribution in [0.4, 0.5) is 5.69 Å². The Balaban J connectivity index is 1.69. The highest BCUT2D eigenvalue weighted by Crippen LogP contribution is 2.29. The lowest BCUT2D eigenvalue weighted by molar-refractivity contribution is 0.0546. The van der Waals surface area contributed by atoms with E-state index in [0.29, 0.717) is 18.8 Å². The number of aromatic nitrogens is 4. The minimum Gasteiger partial charge on any atom is -0.378 e. The molecule has 0 aromatic carbocycles. The first-order valence-electron chi connectivity index (χ1n) is 8.35. The second-order valence-corrected chi connectivity index (χ2v) is 6.56. The Kier molecular flexibility index (Phi) is 4.98. The van der Waals surface area contributed by atoms with Crippen LogP contribution in [0.3, 0.4) is 0 Å². The molecule has 1 saturated heterocycles. The van der Waals surface area contributed by atoms with E-state index in [0.717, 1.165) is 23.8 Å². The van der Waals surface area contributed by atoms with E-state index in [2.05, 4.69) is 20.2 Å². The number of rotatable bonds is 5. The Morgan fingerprint density at radius 3 is 2.88 bits per heavy atom. The van der Waals surface area contributed by atoms with Gasteiger partial charge in [-0.1, -0.05) is 0 Å². The van der Waals surface area contributed by atoms with Gasteiger partial charge in [0.1, 0.15) is 11.5 Å². The summed E-state index contributed by atoms with van der Waals surface area (Å²) in [5.41, 5.74) is 1.37. The van der Waals surface area contributed by atoms with Gasteiger partial charge >= 0.3 is 0 Å². The van der Waals surface area contributed by atoms with Crippen LogP contribution in [0, 0.1) is 6.92 Å². The predicted molar refractivity (Wildman–Crippen MR) is 93.7 cm³/mol. The number of nitrogens with zero attached hydrogens (tertiary/aromatic N) is 5. The van der Waals surface area contributed by atoms with E-state index in [1.54, 1.807) is 24.2 Å². The molecular weight excluding hydrogens is 320 g/mol. The van der Waals surface area contributed by atoms with Gasteiger partial charge in [-0.2, -0.15) is 5.10 Å². The van der Waals surface area contributed by atoms with Crippen molar-refractivity contribution in [3.05, 3.63) is 35.7 Å². The summed E-state index contributed by atoms with van der Waals surface area (Å²) in [7, 11) is 5.64. The average molecular weight is 344 g/mol. The third kappa shape index (κ3) is 3.79. The number of aryl methyl sites for hydroxylation is 1. The maximum atomic E-state index is 12.7. The number of anilines is 1. The Morgan fingerprint density at radius 1 is 1.40 bits per heavy atom. The highest BCUT2D eigenvalue weighted by Gasteiger charge is 2.34. The van der Waals surface area contributed by atoms with Gasteiger partial charge in [-0.3, -0.25) is 14.9 Å². The lowest BCUT2D eigenvalue weighted by Gasteiger charge is -2.24. The van der Waals surface area contributed by atoms with E-state index >= 15 is 0 Å². The normalized spacial score (nSPS) is 19.8. The van der Waals surface area contributed by atoms with Crippen molar-refractivity contribution in [3.63, 3.8) is 0 Å². The monoisotopic (exact) mass is 344 g/mol. The smallest absolute Gasteiger partial charge is 0.272 e. The Bertz CT molecular complexity index is 744. The molecule has 3 heterocycles. The van der Waals surface area contributed by atoms with Gasteiger partial charge in [-0.15, -0.1) is 0 Å². The standard InChI is InChI=1S/C17H24N6O2/c1-11-19-16(21-20-11)13-6-8-25-15(13)10-23(4)17(24)14-9-12(22(2)3)5-7-18-14/h5,7,9,13,15H,6,8,10H2,1-4H3,(H,19,20,21)/t13-,15-/m1/s1. The van der Waals surface area contributed by atoms with Gasteiger partial charge in [-0.05, 0) is 25.5 Å². The van der Waals surface area contributed by atoms with Crippen LogP contribution < -0.4 is 4.90 Å². The summed E-state index contributed by atoms with van der Waals surface area (Å²) in [5, 5.41) is 7.12. The molecule has 3 rings (SSSR count). The third-order valence-electron chi connectivity index (χ3n) is 4.44. The van der Waals surface area contributed by atoms with Crippen molar-refractivity contribution in [3.8, 4) is 0 Å². The fourth-order valence-electron chi connectivity index (χ4n) is 3.01. The molecule has 0 unspecified atom stereocenters. The lowest BCUT2D eigenvalue weighted by Crippen LogP contribution is -2.36. The van der Waals surface area contributed by atoms with E-state index in [-0.39, 0.29) is 17.9 Å². The van der Waals surface area contributed by atoms with Crippen LogP contribution >= 0.6 is 0 Å². The molecule has 1 aliphatic rings. The zero-order valence-electron chi connectivity index (χ0n) is 15.1. The highest BCUT2D eigenvalue weighted by atomic mass is 16.5. The van der Waals surface area contributed by atoms with Crippen LogP contribution in [0.15, 0.2) is 18.3 Å². The summed E-state index contributed by atoms with van der Waals surface area (Å²) in [6, 6.07) is 3.67. The van der Waals surface area contributed by atoms with Crippen molar-refractivity contribution >= 4 is 11.6 Å². The molecule has 8 nitrogen and oxygen atoms in total. The number of aromatic amines is 1. The van der Waals surface area contributed by atoms with Crippen molar-refractivity contribution in [1.82, 2.24) is 25.1 Å². The number of hydrogen-bond donors (Lipinski definition) is 1. The van der Waals surface area contributed by atoms with E-state index in [1.807, 2.05) is 32.0 Å². The molecule has 0 bridgehead atoms. The number of H-pyrrole nitrogens is 1. The maximum Gasteiger partial charge on any atom is 0.272 e. The van der Waals surface area contributed by atoms with E-state index in [1.165, 1.54) is 0 Å². The summed E-state index contributed by atoms with van der Waals surface area (Å²) in [5.74, 6) is 1.52. The van der Waals surface area contributed by atoms with Gasteiger partial charge in [-0.25, -0.2) is 4.98 Å². The van der Waals surface area contributed by atoms with Crippen LogP contribution in [0.1, 0.15) is 34.5 Å². The van der Waals surface area contributed by atoms with Gasteiger partial charge in [0.2, 0.25) is 0 Å². The quantitative estimate of drug-likeness (QED) is 0.877. The van der Waals surface area contributed by atoms with Gasteiger partial charge in [0.25, 0.3) is 5.91 Å². The molecule has 8 heteroatoms.